The van der Waals surface area contributed by atoms with E-state index in [2.05, 4.69) is 53.0 Å². The summed E-state index contributed by atoms with van der Waals surface area (Å²) in [5, 5.41) is 0.988. The van der Waals surface area contributed by atoms with Crippen molar-refractivity contribution in [2.75, 3.05) is 31.1 Å². The summed E-state index contributed by atoms with van der Waals surface area (Å²) in [5.41, 5.74) is 3.30. The van der Waals surface area contributed by atoms with Crippen molar-refractivity contribution in [2.45, 2.75) is 19.8 Å². The Morgan fingerprint density at radius 3 is 2.54 bits per heavy atom. The van der Waals surface area contributed by atoms with Crippen LogP contribution in [0.3, 0.4) is 0 Å². The van der Waals surface area contributed by atoms with Crippen LogP contribution >= 0.6 is 11.3 Å². The van der Waals surface area contributed by atoms with Crippen LogP contribution in [0, 0.1) is 0 Å². The number of anilines is 1. The molecule has 3 heterocycles. The number of benzene rings is 1. The highest BCUT2D eigenvalue weighted by molar-refractivity contribution is 7.21. The fraction of sp³-hybridized carbons (Fsp3) is 0.318. The monoisotopic (exact) mass is 392 g/mol. The lowest BCUT2D eigenvalue weighted by molar-refractivity contribution is -0.126. The highest BCUT2D eigenvalue weighted by atomic mass is 32.1. The highest BCUT2D eigenvalue weighted by Crippen LogP contribution is 2.27. The van der Waals surface area contributed by atoms with Crippen molar-refractivity contribution < 1.29 is 4.79 Å². The van der Waals surface area contributed by atoms with Gasteiger partial charge in [-0.15, -0.1) is 0 Å². The van der Waals surface area contributed by atoms with Crippen LogP contribution in [0.15, 0.2) is 48.7 Å². The van der Waals surface area contributed by atoms with Crippen LogP contribution in [0.4, 0.5) is 5.13 Å². The maximum atomic E-state index is 12.5. The maximum Gasteiger partial charge on any atom is 0.246 e. The summed E-state index contributed by atoms with van der Waals surface area (Å²) in [5.74, 6) is 0.584. The molecule has 4 rings (SSSR count). The number of amides is 1. The molecule has 3 aromatic rings. The minimum atomic E-state index is 0.0681. The lowest BCUT2D eigenvalue weighted by Gasteiger charge is -2.34. The van der Waals surface area contributed by atoms with Gasteiger partial charge in [-0.25, -0.2) is 9.97 Å². The van der Waals surface area contributed by atoms with E-state index in [0.29, 0.717) is 19.0 Å². The second kappa shape index (κ2) is 8.10. The van der Waals surface area contributed by atoms with Crippen LogP contribution in [-0.2, 0) is 4.79 Å². The molecule has 0 bridgehead atoms. The largest absolute Gasteiger partial charge is 0.344 e. The number of nitrogens with zero attached hydrogens (tertiary/aromatic N) is 4. The molecule has 0 aliphatic carbocycles. The summed E-state index contributed by atoms with van der Waals surface area (Å²) in [6.45, 7) is 7.36. The van der Waals surface area contributed by atoms with Crippen LogP contribution in [0.1, 0.15) is 30.9 Å². The van der Waals surface area contributed by atoms with Gasteiger partial charge >= 0.3 is 0 Å². The van der Waals surface area contributed by atoms with Crippen LogP contribution in [-0.4, -0.2) is 47.0 Å². The molecule has 28 heavy (non-hydrogen) atoms. The molecule has 1 aliphatic heterocycles. The third kappa shape index (κ3) is 4.07. The van der Waals surface area contributed by atoms with E-state index in [1.165, 1.54) is 5.56 Å². The molecule has 2 aromatic heterocycles. The first kappa shape index (κ1) is 18.6. The zero-order valence-corrected chi connectivity index (χ0v) is 17.0. The van der Waals surface area contributed by atoms with Crippen molar-refractivity contribution in [3.63, 3.8) is 0 Å². The van der Waals surface area contributed by atoms with Crippen molar-refractivity contribution in [1.29, 1.82) is 0 Å². The summed E-state index contributed by atoms with van der Waals surface area (Å²) >= 11 is 1.61. The number of hydrogen-bond donors (Lipinski definition) is 0. The van der Waals surface area contributed by atoms with E-state index in [9.17, 15) is 4.79 Å². The van der Waals surface area contributed by atoms with Crippen LogP contribution < -0.4 is 4.90 Å². The minimum absolute atomic E-state index is 0.0681. The molecule has 144 valence electrons. The van der Waals surface area contributed by atoms with Crippen molar-refractivity contribution in [1.82, 2.24) is 14.9 Å². The Balaban J connectivity index is 1.34. The van der Waals surface area contributed by atoms with Gasteiger partial charge in [0.1, 0.15) is 10.3 Å². The number of pyridine rings is 1. The maximum absolute atomic E-state index is 12.5. The van der Waals surface area contributed by atoms with Gasteiger partial charge in [-0.05, 0) is 35.3 Å². The molecule has 0 spiro atoms. The Labute approximate surface area is 169 Å². The molecule has 5 nitrogen and oxygen atoms in total. The first-order chi connectivity index (χ1) is 13.6. The molecule has 1 aromatic carbocycles. The molecule has 0 unspecified atom stereocenters. The first-order valence-electron chi connectivity index (χ1n) is 9.63. The standard InChI is InChI=1S/C22H24N4OS/c1-16(2)18-8-5-17(6-9-18)7-10-20(27)25-12-14-26(15-13-25)22-24-19-4-3-11-23-21(19)28-22/h3-11,16H,12-15H2,1-2H3/b10-7+. The molecule has 1 aliphatic rings. The number of aromatic nitrogens is 2. The molecule has 1 amide bonds. The van der Waals surface area contributed by atoms with Gasteiger partial charge in [0.05, 0.1) is 0 Å². The van der Waals surface area contributed by atoms with Gasteiger partial charge < -0.3 is 9.80 Å². The van der Waals surface area contributed by atoms with Crippen molar-refractivity contribution >= 4 is 38.8 Å². The summed E-state index contributed by atoms with van der Waals surface area (Å²) in [4.78, 5) is 26.7. The van der Waals surface area contributed by atoms with Gasteiger partial charge in [-0.3, -0.25) is 4.79 Å². The number of fused-ring (bicyclic) bond motifs is 1. The highest BCUT2D eigenvalue weighted by Gasteiger charge is 2.22. The molecular formula is C22H24N4OS. The summed E-state index contributed by atoms with van der Waals surface area (Å²) in [6.07, 6.45) is 5.38. The molecule has 0 atom stereocenters. The average molecular weight is 393 g/mol. The second-order valence-electron chi connectivity index (χ2n) is 7.29. The predicted octanol–water partition coefficient (Wildman–Crippen LogP) is 4.18. The Hall–Kier alpha value is -2.73. The van der Waals surface area contributed by atoms with Gasteiger partial charge in [0.2, 0.25) is 5.91 Å². The Bertz CT molecular complexity index is 952. The normalized spacial score (nSPS) is 15.1. The summed E-state index contributed by atoms with van der Waals surface area (Å²) in [7, 11) is 0. The lowest BCUT2D eigenvalue weighted by atomic mass is 10.0. The summed E-state index contributed by atoms with van der Waals surface area (Å²) in [6, 6.07) is 12.3. The number of carbonyl (C=O) groups is 1. The number of piperazine rings is 1. The zero-order chi connectivity index (χ0) is 19.5. The van der Waals surface area contributed by atoms with E-state index in [1.54, 1.807) is 23.6 Å². The Kier molecular flexibility index (Phi) is 5.39. The zero-order valence-electron chi connectivity index (χ0n) is 16.2. The minimum Gasteiger partial charge on any atom is -0.344 e. The average Bonchev–Trinajstić information content (AvgIpc) is 3.16. The van der Waals surface area contributed by atoms with Gasteiger partial charge in [-0.1, -0.05) is 49.4 Å². The smallest absolute Gasteiger partial charge is 0.246 e. The number of hydrogen-bond acceptors (Lipinski definition) is 5. The van der Waals surface area contributed by atoms with Crippen molar-refractivity contribution in [3.05, 3.63) is 59.8 Å². The lowest BCUT2D eigenvalue weighted by Crippen LogP contribution is -2.48. The molecule has 0 radical (unpaired) electrons. The number of thiazole rings is 1. The van der Waals surface area contributed by atoms with Gasteiger partial charge in [0, 0.05) is 38.5 Å². The molecule has 6 heteroatoms. The second-order valence-corrected chi connectivity index (χ2v) is 8.25. The third-order valence-electron chi connectivity index (χ3n) is 5.04. The van der Waals surface area contributed by atoms with E-state index in [4.69, 9.17) is 0 Å². The van der Waals surface area contributed by atoms with E-state index < -0.39 is 0 Å². The Morgan fingerprint density at radius 1 is 1.11 bits per heavy atom. The van der Waals surface area contributed by atoms with Gasteiger partial charge in [0.25, 0.3) is 0 Å². The molecule has 0 N–H and O–H groups in total. The van der Waals surface area contributed by atoms with E-state index in [-0.39, 0.29) is 5.91 Å². The van der Waals surface area contributed by atoms with E-state index in [1.807, 2.05) is 23.1 Å². The number of rotatable bonds is 4. The SMILES string of the molecule is CC(C)c1ccc(/C=C/C(=O)N2CCN(c3nc4cccnc4s3)CC2)cc1. The summed E-state index contributed by atoms with van der Waals surface area (Å²) < 4.78 is 0. The predicted molar refractivity (Wildman–Crippen MR) is 116 cm³/mol. The Morgan fingerprint density at radius 2 is 1.86 bits per heavy atom. The van der Waals surface area contributed by atoms with Crippen LogP contribution in [0.5, 0.6) is 0 Å². The molecule has 0 saturated carbocycles. The fourth-order valence-electron chi connectivity index (χ4n) is 3.28. The quantitative estimate of drug-likeness (QED) is 0.625. The van der Waals surface area contributed by atoms with E-state index in [0.717, 1.165) is 34.1 Å². The topological polar surface area (TPSA) is 49.3 Å². The number of carbonyl (C=O) groups excluding carboxylic acids is 1. The van der Waals surface area contributed by atoms with Gasteiger partial charge in [-0.2, -0.15) is 0 Å². The molecule has 1 saturated heterocycles. The van der Waals surface area contributed by atoms with Crippen molar-refractivity contribution in [3.8, 4) is 0 Å². The van der Waals surface area contributed by atoms with Crippen molar-refractivity contribution in [2.24, 2.45) is 0 Å². The van der Waals surface area contributed by atoms with Crippen LogP contribution in [0.2, 0.25) is 0 Å². The van der Waals surface area contributed by atoms with E-state index >= 15 is 0 Å². The van der Waals surface area contributed by atoms with Gasteiger partial charge in [0.15, 0.2) is 5.13 Å². The van der Waals surface area contributed by atoms with Crippen LogP contribution in [0.25, 0.3) is 16.4 Å². The molecular weight excluding hydrogens is 368 g/mol. The fourth-order valence-corrected chi connectivity index (χ4v) is 4.24. The molecule has 1 fully saturated rings. The first-order valence-corrected chi connectivity index (χ1v) is 10.5. The third-order valence-corrected chi connectivity index (χ3v) is 6.08.